The van der Waals surface area contributed by atoms with E-state index in [0.717, 1.165) is 66.2 Å². The van der Waals surface area contributed by atoms with Crippen LogP contribution in [0.4, 0.5) is 10.9 Å². The van der Waals surface area contributed by atoms with Gasteiger partial charge in [0.1, 0.15) is 4.83 Å². The summed E-state index contributed by atoms with van der Waals surface area (Å²) in [5, 5.41) is 22.6. The maximum atomic E-state index is 13.4. The number of ether oxygens (including phenoxy) is 1. The van der Waals surface area contributed by atoms with Gasteiger partial charge in [-0.15, -0.1) is 21.5 Å². The van der Waals surface area contributed by atoms with Crippen LogP contribution in [-0.4, -0.2) is 47.2 Å². The van der Waals surface area contributed by atoms with E-state index in [0.29, 0.717) is 22.6 Å². The zero-order chi connectivity index (χ0) is 31.0. The molecule has 12 heteroatoms. The van der Waals surface area contributed by atoms with Gasteiger partial charge in [0.2, 0.25) is 0 Å². The Morgan fingerprint density at radius 1 is 0.978 bits per heavy atom. The maximum absolute atomic E-state index is 13.4. The molecule has 4 aliphatic carbocycles. The number of hydrogen-bond donors (Lipinski definition) is 1. The van der Waals surface area contributed by atoms with Gasteiger partial charge in [0.15, 0.2) is 16.6 Å². The quantitative estimate of drug-likeness (QED) is 0.166. The van der Waals surface area contributed by atoms with Crippen LogP contribution in [0.5, 0.6) is 0 Å². The molecule has 0 radical (unpaired) electrons. The molecule has 5 heterocycles. The van der Waals surface area contributed by atoms with Gasteiger partial charge in [-0.1, -0.05) is 23.5 Å². The minimum atomic E-state index is -0.395. The molecule has 0 aliphatic heterocycles. The Morgan fingerprint density at radius 3 is 2.46 bits per heavy atom. The third-order valence-electron chi connectivity index (χ3n) is 10.3. The molecule has 4 aliphatic rings. The average Bonchev–Trinajstić information content (AvgIpc) is 3.80. The number of hydrogen-bond acceptors (Lipinski definition) is 10. The summed E-state index contributed by atoms with van der Waals surface area (Å²) in [6, 6.07) is 11.8. The molecule has 4 bridgehead atoms. The SMILES string of the molecule is CCOC(=O)c1c(-c2cnn(CC34CC5CC(CC(C5)C3)C4)c2C)sc2c(-c3ccc(Nc4nc5ccccc5s4)nn3)cnn12. The van der Waals surface area contributed by atoms with Crippen molar-refractivity contribution in [2.24, 2.45) is 23.2 Å². The van der Waals surface area contributed by atoms with Crippen LogP contribution in [0.2, 0.25) is 0 Å². The first-order valence-electron chi connectivity index (χ1n) is 16.1. The Labute approximate surface area is 273 Å². The zero-order valence-corrected chi connectivity index (χ0v) is 27.4. The van der Waals surface area contributed by atoms with Crippen LogP contribution in [0.1, 0.15) is 61.6 Å². The van der Waals surface area contributed by atoms with Crippen LogP contribution in [0.15, 0.2) is 48.8 Å². The highest BCUT2D eigenvalue weighted by Gasteiger charge is 2.51. The third-order valence-corrected chi connectivity index (χ3v) is 12.4. The number of rotatable bonds is 8. The van der Waals surface area contributed by atoms with Crippen molar-refractivity contribution in [1.29, 1.82) is 0 Å². The number of carbonyl (C=O) groups excluding carboxylic acids is 1. The van der Waals surface area contributed by atoms with E-state index in [4.69, 9.17) is 9.84 Å². The number of para-hydroxylation sites is 1. The molecule has 10 nitrogen and oxygen atoms in total. The van der Waals surface area contributed by atoms with Crippen LogP contribution in [0.25, 0.3) is 36.7 Å². The Balaban J connectivity index is 1.04. The largest absolute Gasteiger partial charge is 0.461 e. The lowest BCUT2D eigenvalue weighted by Crippen LogP contribution is -2.48. The second kappa shape index (κ2) is 10.7. The summed E-state index contributed by atoms with van der Waals surface area (Å²) >= 11 is 3.09. The van der Waals surface area contributed by atoms with Gasteiger partial charge in [-0.2, -0.15) is 10.2 Å². The van der Waals surface area contributed by atoms with Crippen molar-refractivity contribution >= 4 is 54.6 Å². The minimum Gasteiger partial charge on any atom is -0.461 e. The number of esters is 1. The topological polar surface area (TPSA) is 112 Å². The molecular formula is C34H34N8O2S2. The van der Waals surface area contributed by atoms with Crippen LogP contribution in [0.3, 0.4) is 0 Å². The van der Waals surface area contributed by atoms with E-state index in [2.05, 4.69) is 37.2 Å². The van der Waals surface area contributed by atoms with Crippen LogP contribution >= 0.6 is 22.7 Å². The lowest BCUT2D eigenvalue weighted by Gasteiger charge is -2.56. The summed E-state index contributed by atoms with van der Waals surface area (Å²) in [5.74, 6) is 2.88. The standard InChI is InChI=1S/C34H34N8O2S2/c1-3-44-32(43)29-30(23-16-35-41(19(23)2)18-34-13-20-10-21(14-34)12-22(11-20)15-34)46-31-24(17-36-42(29)31)25-8-9-28(40-39-25)38-33-37-26-6-4-5-7-27(26)45-33/h4-9,16-17,20-22H,3,10-15,18H2,1-2H3,(H,37,38,40). The molecule has 1 N–H and O–H groups in total. The van der Waals surface area contributed by atoms with E-state index in [9.17, 15) is 4.79 Å². The summed E-state index contributed by atoms with van der Waals surface area (Å²) in [7, 11) is 0. The van der Waals surface area contributed by atoms with E-state index in [-0.39, 0.29) is 6.61 Å². The first-order chi connectivity index (χ1) is 22.4. The molecule has 6 aromatic rings. The number of anilines is 2. The maximum Gasteiger partial charge on any atom is 0.358 e. The fourth-order valence-corrected chi connectivity index (χ4v) is 10.9. The van der Waals surface area contributed by atoms with Gasteiger partial charge in [0.05, 0.1) is 45.4 Å². The zero-order valence-electron chi connectivity index (χ0n) is 25.8. The van der Waals surface area contributed by atoms with Gasteiger partial charge in [-0.3, -0.25) is 4.68 Å². The van der Waals surface area contributed by atoms with E-state index in [1.165, 1.54) is 49.9 Å². The lowest BCUT2D eigenvalue weighted by atomic mass is 9.49. The smallest absolute Gasteiger partial charge is 0.358 e. The molecular weight excluding hydrogens is 617 g/mol. The molecule has 0 unspecified atom stereocenters. The molecule has 234 valence electrons. The second-order valence-corrected chi connectivity index (χ2v) is 15.4. The summed E-state index contributed by atoms with van der Waals surface area (Å²) in [4.78, 5) is 19.7. The molecule has 4 fully saturated rings. The second-order valence-electron chi connectivity index (χ2n) is 13.4. The Hall–Kier alpha value is -4.16. The molecule has 0 saturated heterocycles. The first kappa shape index (κ1) is 28.1. The van der Waals surface area contributed by atoms with Gasteiger partial charge >= 0.3 is 5.97 Å². The Kier molecular flexibility index (Phi) is 6.53. The van der Waals surface area contributed by atoms with E-state index < -0.39 is 5.97 Å². The summed E-state index contributed by atoms with van der Waals surface area (Å²) < 4.78 is 10.5. The van der Waals surface area contributed by atoms with Gasteiger partial charge in [0.25, 0.3) is 0 Å². The highest BCUT2D eigenvalue weighted by atomic mass is 32.1. The third kappa shape index (κ3) is 4.64. The van der Waals surface area contributed by atoms with Gasteiger partial charge in [0, 0.05) is 17.8 Å². The molecule has 5 aromatic heterocycles. The highest BCUT2D eigenvalue weighted by Crippen LogP contribution is 2.60. The van der Waals surface area contributed by atoms with Crippen LogP contribution < -0.4 is 5.32 Å². The number of aromatic nitrogens is 7. The number of nitrogens with one attached hydrogen (secondary N) is 1. The molecule has 0 spiro atoms. The summed E-state index contributed by atoms with van der Waals surface area (Å²) in [6.45, 7) is 5.19. The fraction of sp³-hybridized carbons (Fsp3) is 0.412. The predicted octanol–water partition coefficient (Wildman–Crippen LogP) is 7.77. The number of fused-ring (bicyclic) bond motifs is 2. The number of benzene rings is 1. The predicted molar refractivity (Wildman–Crippen MR) is 180 cm³/mol. The van der Waals surface area contributed by atoms with Crippen molar-refractivity contribution in [2.45, 2.75) is 58.9 Å². The molecule has 1 aromatic carbocycles. The van der Waals surface area contributed by atoms with Crippen molar-refractivity contribution in [2.75, 3.05) is 11.9 Å². The van der Waals surface area contributed by atoms with Gasteiger partial charge < -0.3 is 10.1 Å². The lowest BCUT2D eigenvalue weighted by molar-refractivity contribution is -0.0638. The van der Waals surface area contributed by atoms with Gasteiger partial charge in [-0.05, 0) is 99.8 Å². The Bertz CT molecular complexity index is 2040. The van der Waals surface area contributed by atoms with Crippen LogP contribution in [-0.2, 0) is 11.3 Å². The first-order valence-corrected chi connectivity index (χ1v) is 17.8. The molecule has 0 amide bonds. The average molecular weight is 651 g/mol. The minimum absolute atomic E-state index is 0.280. The summed E-state index contributed by atoms with van der Waals surface area (Å²) in [6.07, 6.45) is 11.9. The van der Waals surface area contributed by atoms with E-state index >= 15 is 0 Å². The molecule has 46 heavy (non-hydrogen) atoms. The number of nitrogens with zero attached hydrogens (tertiary/aromatic N) is 7. The van der Waals surface area contributed by atoms with Crippen LogP contribution in [0, 0.1) is 30.1 Å². The van der Waals surface area contributed by atoms with Gasteiger partial charge in [-0.25, -0.2) is 14.3 Å². The number of thiazole rings is 2. The molecule has 0 atom stereocenters. The fourth-order valence-electron chi connectivity index (χ4n) is 8.78. The summed E-state index contributed by atoms with van der Waals surface area (Å²) in [5.41, 5.74) is 5.24. The van der Waals surface area contributed by atoms with Crippen molar-refractivity contribution in [3.8, 4) is 21.7 Å². The Morgan fingerprint density at radius 2 is 1.74 bits per heavy atom. The molecule has 10 rings (SSSR count). The van der Waals surface area contributed by atoms with Crippen molar-refractivity contribution in [3.05, 3.63) is 60.2 Å². The van der Waals surface area contributed by atoms with E-state index in [1.807, 2.05) is 49.5 Å². The molecule has 4 saturated carbocycles. The monoisotopic (exact) mass is 650 g/mol. The van der Waals surface area contributed by atoms with Crippen molar-refractivity contribution in [1.82, 2.24) is 34.6 Å². The van der Waals surface area contributed by atoms with E-state index in [1.54, 1.807) is 22.0 Å². The van der Waals surface area contributed by atoms with Crippen molar-refractivity contribution < 1.29 is 9.53 Å². The normalized spacial score (nSPS) is 23.5. The number of carbonyl (C=O) groups is 1. The van der Waals surface area contributed by atoms with Crippen molar-refractivity contribution in [3.63, 3.8) is 0 Å². The highest BCUT2D eigenvalue weighted by molar-refractivity contribution is 7.22.